The minimum atomic E-state index is -0.878. The highest BCUT2D eigenvalue weighted by Gasteiger charge is 2.12. The van der Waals surface area contributed by atoms with Crippen LogP contribution < -0.4 is 0 Å². The summed E-state index contributed by atoms with van der Waals surface area (Å²) >= 11 is 4.03. The van der Waals surface area contributed by atoms with E-state index in [1.54, 1.807) is 0 Å². The molecule has 1 N–H and O–H groups in total. The van der Waals surface area contributed by atoms with E-state index in [4.69, 9.17) is 5.11 Å². The number of carbonyl (C=O) groups is 1. The predicted molar refractivity (Wildman–Crippen MR) is 68.1 cm³/mol. The quantitative estimate of drug-likeness (QED) is 0.798. The van der Waals surface area contributed by atoms with Gasteiger partial charge < -0.3 is 5.11 Å². The minimum Gasteiger partial charge on any atom is -0.480 e. The third-order valence-corrected chi connectivity index (χ3v) is 2.93. The van der Waals surface area contributed by atoms with E-state index in [2.05, 4.69) is 12.6 Å². The van der Waals surface area contributed by atoms with E-state index in [1.165, 1.54) is 0 Å². The predicted octanol–water partition coefficient (Wildman–Crippen LogP) is 2.77. The second kappa shape index (κ2) is 4.58. The molecule has 0 saturated heterocycles. The molecule has 0 amide bonds. The molecule has 0 aliphatic rings. The number of hydrogen-bond donors (Lipinski definition) is 2. The summed E-state index contributed by atoms with van der Waals surface area (Å²) in [5.41, 5.74) is 1.00. The summed E-state index contributed by atoms with van der Waals surface area (Å²) in [6, 6.07) is 14.0. The van der Waals surface area contributed by atoms with Crippen LogP contribution in [-0.2, 0) is 11.2 Å². The molecule has 3 heteroatoms. The van der Waals surface area contributed by atoms with Gasteiger partial charge in [0.15, 0.2) is 0 Å². The summed E-state index contributed by atoms with van der Waals surface area (Å²) in [5, 5.41) is 10.4. The van der Waals surface area contributed by atoms with Gasteiger partial charge >= 0.3 is 5.97 Å². The summed E-state index contributed by atoms with van der Waals surface area (Å²) in [6.45, 7) is 0. The molecule has 0 spiro atoms. The van der Waals surface area contributed by atoms with Gasteiger partial charge in [0.25, 0.3) is 0 Å². The summed E-state index contributed by atoms with van der Waals surface area (Å²) in [7, 11) is 0. The molecule has 0 bridgehead atoms. The van der Waals surface area contributed by atoms with Crippen molar-refractivity contribution in [2.45, 2.75) is 11.7 Å². The molecule has 0 aliphatic heterocycles. The second-order valence-electron chi connectivity index (χ2n) is 3.74. The van der Waals surface area contributed by atoms with E-state index in [0.29, 0.717) is 6.42 Å². The van der Waals surface area contributed by atoms with Gasteiger partial charge in [-0.15, -0.1) is 0 Å². The first-order chi connectivity index (χ1) is 7.66. The fraction of sp³-hybridized carbons (Fsp3) is 0.154. The molecule has 0 radical (unpaired) electrons. The topological polar surface area (TPSA) is 37.3 Å². The summed E-state index contributed by atoms with van der Waals surface area (Å²) in [4.78, 5) is 10.7. The third kappa shape index (κ3) is 2.36. The van der Waals surface area contributed by atoms with Gasteiger partial charge in [-0.25, -0.2) is 0 Å². The van der Waals surface area contributed by atoms with Gasteiger partial charge in [0.05, 0.1) is 0 Å². The van der Waals surface area contributed by atoms with Crippen molar-refractivity contribution in [3.05, 3.63) is 48.0 Å². The average molecular weight is 232 g/mol. The van der Waals surface area contributed by atoms with Crippen LogP contribution >= 0.6 is 12.6 Å². The van der Waals surface area contributed by atoms with E-state index in [-0.39, 0.29) is 0 Å². The van der Waals surface area contributed by atoms with Crippen LogP contribution in [-0.4, -0.2) is 16.3 Å². The van der Waals surface area contributed by atoms with E-state index in [9.17, 15) is 4.79 Å². The van der Waals surface area contributed by atoms with Crippen molar-refractivity contribution in [2.75, 3.05) is 0 Å². The van der Waals surface area contributed by atoms with Crippen LogP contribution in [0, 0.1) is 0 Å². The van der Waals surface area contributed by atoms with Crippen LogP contribution in [0.1, 0.15) is 5.56 Å². The SMILES string of the molecule is O=C(O)C(S)Cc1ccc2ccccc2c1. The zero-order valence-electron chi connectivity index (χ0n) is 8.63. The first kappa shape index (κ1) is 11.0. The van der Waals surface area contributed by atoms with Gasteiger partial charge in [0, 0.05) is 0 Å². The third-order valence-electron chi connectivity index (χ3n) is 2.53. The van der Waals surface area contributed by atoms with E-state index < -0.39 is 11.2 Å². The molecule has 0 fully saturated rings. The fourth-order valence-corrected chi connectivity index (χ4v) is 1.89. The summed E-state index contributed by atoms with van der Waals surface area (Å²) in [6.07, 6.45) is 0.448. The molecule has 16 heavy (non-hydrogen) atoms. The Labute approximate surface area is 99.3 Å². The van der Waals surface area contributed by atoms with E-state index in [1.807, 2.05) is 42.5 Å². The molecule has 1 atom stereocenters. The Morgan fingerprint density at radius 1 is 1.19 bits per heavy atom. The molecular formula is C13H12O2S. The molecule has 2 aromatic carbocycles. The highest BCUT2D eigenvalue weighted by atomic mass is 32.1. The fourth-order valence-electron chi connectivity index (χ4n) is 1.68. The Bertz CT molecular complexity index is 522. The average Bonchev–Trinajstić information content (AvgIpc) is 2.28. The molecule has 0 heterocycles. The molecule has 2 nitrogen and oxygen atoms in total. The van der Waals surface area contributed by atoms with Crippen LogP contribution in [0.2, 0.25) is 0 Å². The first-order valence-electron chi connectivity index (χ1n) is 5.05. The molecule has 2 aromatic rings. The molecule has 2 rings (SSSR count). The maximum absolute atomic E-state index is 10.7. The Morgan fingerprint density at radius 2 is 1.88 bits per heavy atom. The lowest BCUT2D eigenvalue weighted by atomic mass is 10.0. The smallest absolute Gasteiger partial charge is 0.316 e. The van der Waals surface area contributed by atoms with Crippen molar-refractivity contribution in [1.82, 2.24) is 0 Å². The molecule has 0 aliphatic carbocycles. The van der Waals surface area contributed by atoms with Crippen LogP contribution in [0.5, 0.6) is 0 Å². The number of carboxylic acid groups (broad SMARTS) is 1. The zero-order chi connectivity index (χ0) is 11.5. The standard InChI is InChI=1S/C13H12O2S/c14-13(15)12(16)8-9-5-6-10-3-1-2-4-11(10)7-9/h1-7,12,16H,8H2,(H,14,15). The second-order valence-corrected chi connectivity index (χ2v) is 4.36. The van der Waals surface area contributed by atoms with E-state index >= 15 is 0 Å². The van der Waals surface area contributed by atoms with Crippen molar-refractivity contribution < 1.29 is 9.90 Å². The lowest BCUT2D eigenvalue weighted by molar-refractivity contribution is -0.136. The number of hydrogen-bond acceptors (Lipinski definition) is 2. The molecular weight excluding hydrogens is 220 g/mol. The normalized spacial score (nSPS) is 12.6. The Morgan fingerprint density at radius 3 is 2.56 bits per heavy atom. The van der Waals surface area contributed by atoms with Crippen molar-refractivity contribution in [2.24, 2.45) is 0 Å². The van der Waals surface area contributed by atoms with Gasteiger partial charge in [0.1, 0.15) is 5.25 Å². The van der Waals surface area contributed by atoms with Gasteiger partial charge in [-0.3, -0.25) is 4.79 Å². The van der Waals surface area contributed by atoms with Crippen molar-refractivity contribution in [3.8, 4) is 0 Å². The van der Waals surface area contributed by atoms with Crippen LogP contribution in [0.25, 0.3) is 10.8 Å². The number of fused-ring (bicyclic) bond motifs is 1. The zero-order valence-corrected chi connectivity index (χ0v) is 9.52. The van der Waals surface area contributed by atoms with Gasteiger partial charge in [-0.05, 0) is 22.8 Å². The minimum absolute atomic E-state index is 0.448. The maximum atomic E-state index is 10.7. The van der Waals surface area contributed by atoms with E-state index in [0.717, 1.165) is 16.3 Å². The lowest BCUT2D eigenvalue weighted by Gasteiger charge is -2.06. The van der Waals surface area contributed by atoms with Crippen molar-refractivity contribution in [1.29, 1.82) is 0 Å². The van der Waals surface area contributed by atoms with Gasteiger partial charge in [-0.1, -0.05) is 42.5 Å². The summed E-state index contributed by atoms with van der Waals surface area (Å²) < 4.78 is 0. The van der Waals surface area contributed by atoms with Crippen LogP contribution in [0.15, 0.2) is 42.5 Å². The highest BCUT2D eigenvalue weighted by Crippen LogP contribution is 2.17. The maximum Gasteiger partial charge on any atom is 0.316 e. The van der Waals surface area contributed by atoms with Crippen LogP contribution in [0.3, 0.4) is 0 Å². The summed E-state index contributed by atoms with van der Waals surface area (Å²) in [5.74, 6) is -0.878. The number of carboxylic acids is 1. The molecule has 1 unspecified atom stereocenters. The largest absolute Gasteiger partial charge is 0.480 e. The Balaban J connectivity index is 2.29. The molecule has 82 valence electrons. The number of aliphatic carboxylic acids is 1. The van der Waals surface area contributed by atoms with Crippen molar-refractivity contribution >= 4 is 29.4 Å². The molecule has 0 aromatic heterocycles. The highest BCUT2D eigenvalue weighted by molar-refractivity contribution is 7.81. The Hall–Kier alpha value is -1.48. The molecule has 0 saturated carbocycles. The monoisotopic (exact) mass is 232 g/mol. The van der Waals surface area contributed by atoms with Crippen molar-refractivity contribution in [3.63, 3.8) is 0 Å². The van der Waals surface area contributed by atoms with Gasteiger partial charge in [-0.2, -0.15) is 12.6 Å². The Kier molecular flexibility index (Phi) is 3.15. The number of thiol groups is 1. The number of rotatable bonds is 3. The van der Waals surface area contributed by atoms with Crippen LogP contribution in [0.4, 0.5) is 0 Å². The van der Waals surface area contributed by atoms with Gasteiger partial charge in [0.2, 0.25) is 0 Å². The number of benzene rings is 2. The lowest BCUT2D eigenvalue weighted by Crippen LogP contribution is -2.15. The first-order valence-corrected chi connectivity index (χ1v) is 5.57.